The Morgan fingerprint density at radius 3 is 2.73 bits per heavy atom. The highest BCUT2D eigenvalue weighted by Crippen LogP contribution is 2.30. The van der Waals surface area contributed by atoms with Gasteiger partial charge >= 0.3 is 0 Å². The Balaban J connectivity index is 2.67. The van der Waals surface area contributed by atoms with Crippen LogP contribution in [0, 0.1) is 11.5 Å². The molecular weight excluding hydrogens is 190 g/mol. The Morgan fingerprint density at radius 2 is 2.00 bits per heavy atom. The first-order chi connectivity index (χ1) is 7.35. The van der Waals surface area contributed by atoms with E-state index >= 15 is 0 Å². The molecule has 74 valence electrons. The van der Waals surface area contributed by atoms with Gasteiger partial charge in [0.15, 0.2) is 0 Å². The van der Waals surface area contributed by atoms with Crippen LogP contribution >= 0.6 is 0 Å². The van der Waals surface area contributed by atoms with E-state index < -0.39 is 0 Å². The van der Waals surface area contributed by atoms with E-state index in [0.717, 1.165) is 10.8 Å². The Bertz CT molecular complexity index is 529. The Labute approximate surface area is 87.5 Å². The molecule has 0 spiro atoms. The van der Waals surface area contributed by atoms with Crippen LogP contribution in [0.3, 0.4) is 0 Å². The molecule has 3 heteroatoms. The molecule has 2 aromatic rings. The fourth-order valence-electron chi connectivity index (χ4n) is 1.53. The summed E-state index contributed by atoms with van der Waals surface area (Å²) in [6.45, 7) is 0. The van der Waals surface area contributed by atoms with Crippen molar-refractivity contribution in [3.63, 3.8) is 0 Å². The van der Waals surface area contributed by atoms with Crippen LogP contribution in [-0.4, -0.2) is 7.11 Å². The van der Waals surface area contributed by atoms with Crippen molar-refractivity contribution in [2.24, 2.45) is 0 Å². The van der Waals surface area contributed by atoms with Gasteiger partial charge in [0.2, 0.25) is 0 Å². The van der Waals surface area contributed by atoms with Crippen LogP contribution in [-0.2, 0) is 0 Å². The van der Waals surface area contributed by atoms with Crippen molar-refractivity contribution in [3.05, 3.63) is 36.4 Å². The maximum Gasteiger partial charge on any atom is 0.292 e. The van der Waals surface area contributed by atoms with Crippen molar-refractivity contribution in [2.75, 3.05) is 7.11 Å². The van der Waals surface area contributed by atoms with Gasteiger partial charge in [-0.3, -0.25) is 0 Å². The summed E-state index contributed by atoms with van der Waals surface area (Å²) < 4.78 is 10.0. The van der Waals surface area contributed by atoms with E-state index in [1.54, 1.807) is 25.5 Å². The number of fused-ring (bicyclic) bond motifs is 1. The lowest BCUT2D eigenvalue weighted by atomic mass is 10.1. The van der Waals surface area contributed by atoms with Crippen LogP contribution in [0.1, 0.15) is 0 Å². The lowest BCUT2D eigenvalue weighted by Crippen LogP contribution is -1.88. The number of ether oxygens (including phenoxy) is 2. The molecule has 15 heavy (non-hydrogen) atoms. The number of rotatable bonds is 2. The van der Waals surface area contributed by atoms with Crippen LogP contribution in [0.5, 0.6) is 11.5 Å². The molecule has 2 rings (SSSR count). The smallest absolute Gasteiger partial charge is 0.292 e. The zero-order valence-electron chi connectivity index (χ0n) is 8.23. The Morgan fingerprint density at radius 1 is 1.20 bits per heavy atom. The molecule has 3 nitrogen and oxygen atoms in total. The molecular formula is C12H9NO2. The summed E-state index contributed by atoms with van der Waals surface area (Å²) in [4.78, 5) is 0. The number of hydrogen-bond donors (Lipinski definition) is 0. The summed E-state index contributed by atoms with van der Waals surface area (Å²) in [5, 5.41) is 10.4. The molecule has 0 amide bonds. The summed E-state index contributed by atoms with van der Waals surface area (Å²) in [5.74, 6) is 1.20. The Hall–Kier alpha value is -2.21. The van der Waals surface area contributed by atoms with E-state index in [1.807, 2.05) is 24.3 Å². The van der Waals surface area contributed by atoms with Crippen molar-refractivity contribution >= 4 is 10.8 Å². The third kappa shape index (κ3) is 1.70. The van der Waals surface area contributed by atoms with Gasteiger partial charge < -0.3 is 9.47 Å². The minimum absolute atomic E-state index is 0.494. The molecule has 2 aromatic carbocycles. The largest absolute Gasteiger partial charge is 0.496 e. The SMILES string of the molecule is COc1cc(OC#N)cc2ccccc12. The second-order valence-electron chi connectivity index (χ2n) is 3.04. The normalized spacial score (nSPS) is 9.60. The van der Waals surface area contributed by atoms with Crippen LogP contribution in [0.2, 0.25) is 0 Å². The van der Waals surface area contributed by atoms with Gasteiger partial charge in [0.05, 0.1) is 7.11 Å². The van der Waals surface area contributed by atoms with Crippen LogP contribution < -0.4 is 9.47 Å². The summed E-state index contributed by atoms with van der Waals surface area (Å²) in [5.41, 5.74) is 0. The zero-order chi connectivity index (χ0) is 10.7. The highest BCUT2D eigenvalue weighted by Gasteiger charge is 2.04. The maximum absolute atomic E-state index is 8.44. The molecule has 0 N–H and O–H groups in total. The predicted molar refractivity (Wildman–Crippen MR) is 56.7 cm³/mol. The van der Waals surface area contributed by atoms with Gasteiger partial charge in [0.25, 0.3) is 6.26 Å². The number of methoxy groups -OCH3 is 1. The number of hydrogen-bond acceptors (Lipinski definition) is 3. The molecule has 0 aliphatic rings. The first-order valence-electron chi connectivity index (χ1n) is 4.48. The van der Waals surface area contributed by atoms with E-state index in [1.165, 1.54) is 0 Å². The fourth-order valence-corrected chi connectivity index (χ4v) is 1.53. The van der Waals surface area contributed by atoms with Gasteiger partial charge in [-0.15, -0.1) is 5.26 Å². The van der Waals surface area contributed by atoms with E-state index in [4.69, 9.17) is 14.7 Å². The standard InChI is InChI=1S/C12H9NO2/c1-14-12-7-10(15-8-13)6-9-4-2-3-5-11(9)12/h2-7H,1H3. The van der Waals surface area contributed by atoms with E-state index in [-0.39, 0.29) is 0 Å². The zero-order valence-corrected chi connectivity index (χ0v) is 8.23. The van der Waals surface area contributed by atoms with Crippen molar-refractivity contribution in [3.8, 4) is 17.8 Å². The van der Waals surface area contributed by atoms with Crippen molar-refractivity contribution in [2.45, 2.75) is 0 Å². The molecule has 0 unspecified atom stereocenters. The molecule has 0 bridgehead atoms. The third-order valence-corrected chi connectivity index (χ3v) is 2.18. The lowest BCUT2D eigenvalue weighted by molar-refractivity contribution is 0.415. The summed E-state index contributed by atoms with van der Waals surface area (Å²) in [6.07, 6.45) is 1.64. The molecule has 0 saturated carbocycles. The average Bonchev–Trinajstić information content (AvgIpc) is 2.28. The van der Waals surface area contributed by atoms with Crippen LogP contribution in [0.4, 0.5) is 0 Å². The van der Waals surface area contributed by atoms with E-state index in [2.05, 4.69) is 0 Å². The predicted octanol–water partition coefficient (Wildman–Crippen LogP) is 2.71. The Kier molecular flexibility index (Phi) is 2.42. The monoisotopic (exact) mass is 199 g/mol. The highest BCUT2D eigenvalue weighted by atomic mass is 16.5. The number of benzene rings is 2. The van der Waals surface area contributed by atoms with Gasteiger partial charge in [0.1, 0.15) is 11.5 Å². The van der Waals surface area contributed by atoms with Crippen molar-refractivity contribution in [1.82, 2.24) is 0 Å². The summed E-state index contributed by atoms with van der Waals surface area (Å²) in [7, 11) is 1.60. The molecule has 0 aromatic heterocycles. The number of nitriles is 1. The maximum atomic E-state index is 8.44. The first kappa shape index (κ1) is 9.35. The number of nitrogens with zero attached hydrogens (tertiary/aromatic N) is 1. The molecule has 0 aliphatic carbocycles. The van der Waals surface area contributed by atoms with Crippen LogP contribution in [0.25, 0.3) is 10.8 Å². The minimum atomic E-state index is 0.494. The lowest BCUT2D eigenvalue weighted by Gasteiger charge is -2.06. The minimum Gasteiger partial charge on any atom is -0.496 e. The second-order valence-corrected chi connectivity index (χ2v) is 3.04. The average molecular weight is 199 g/mol. The van der Waals surface area contributed by atoms with Crippen molar-refractivity contribution < 1.29 is 9.47 Å². The van der Waals surface area contributed by atoms with Crippen molar-refractivity contribution in [1.29, 1.82) is 5.26 Å². The second kappa shape index (κ2) is 3.89. The van der Waals surface area contributed by atoms with E-state index in [0.29, 0.717) is 11.5 Å². The van der Waals surface area contributed by atoms with Gasteiger partial charge in [-0.05, 0) is 11.5 Å². The first-order valence-corrected chi connectivity index (χ1v) is 4.48. The van der Waals surface area contributed by atoms with Gasteiger partial charge in [0, 0.05) is 11.5 Å². The summed E-state index contributed by atoms with van der Waals surface area (Å²) >= 11 is 0. The fraction of sp³-hybridized carbons (Fsp3) is 0.0833. The molecule has 0 aliphatic heterocycles. The molecule has 0 saturated heterocycles. The van der Waals surface area contributed by atoms with Crippen LogP contribution in [0.15, 0.2) is 36.4 Å². The van der Waals surface area contributed by atoms with Gasteiger partial charge in [-0.2, -0.15) is 0 Å². The van der Waals surface area contributed by atoms with Gasteiger partial charge in [-0.1, -0.05) is 24.3 Å². The molecule has 0 radical (unpaired) electrons. The van der Waals surface area contributed by atoms with Gasteiger partial charge in [-0.25, -0.2) is 0 Å². The molecule has 0 atom stereocenters. The highest BCUT2D eigenvalue weighted by molar-refractivity contribution is 5.89. The quantitative estimate of drug-likeness (QED) is 0.698. The third-order valence-electron chi connectivity index (χ3n) is 2.18. The summed E-state index contributed by atoms with van der Waals surface area (Å²) in [6, 6.07) is 11.3. The van der Waals surface area contributed by atoms with E-state index in [9.17, 15) is 0 Å². The molecule has 0 fully saturated rings. The topological polar surface area (TPSA) is 42.2 Å². The molecule has 0 heterocycles.